The minimum absolute atomic E-state index is 0.296. The molecule has 0 spiro atoms. The molecule has 0 atom stereocenters. The Morgan fingerprint density at radius 1 is 1.40 bits per heavy atom. The highest BCUT2D eigenvalue weighted by Gasteiger charge is 2.40. The highest BCUT2D eigenvalue weighted by molar-refractivity contribution is 5.84. The SMILES string of the molecule is CC(C)(C)OC(=O)Nc1cccc(CC2(CN)CC2)c1. The van der Waals surface area contributed by atoms with Gasteiger partial charge in [-0.05, 0) is 69.7 Å². The number of nitrogens with one attached hydrogen (secondary N) is 1. The van der Waals surface area contributed by atoms with Crippen LogP contribution in [0.3, 0.4) is 0 Å². The van der Waals surface area contributed by atoms with Crippen molar-refractivity contribution in [3.05, 3.63) is 29.8 Å². The summed E-state index contributed by atoms with van der Waals surface area (Å²) in [4.78, 5) is 11.7. The van der Waals surface area contributed by atoms with Crippen molar-refractivity contribution in [1.82, 2.24) is 0 Å². The Hall–Kier alpha value is -1.55. The maximum Gasteiger partial charge on any atom is 0.412 e. The number of hydrogen-bond donors (Lipinski definition) is 2. The minimum atomic E-state index is -0.487. The lowest BCUT2D eigenvalue weighted by molar-refractivity contribution is 0.0636. The Balaban J connectivity index is 1.97. The summed E-state index contributed by atoms with van der Waals surface area (Å²) >= 11 is 0. The summed E-state index contributed by atoms with van der Waals surface area (Å²) in [7, 11) is 0. The van der Waals surface area contributed by atoms with Crippen molar-refractivity contribution in [3.63, 3.8) is 0 Å². The molecular weight excluding hydrogens is 252 g/mol. The number of nitrogens with two attached hydrogens (primary N) is 1. The zero-order valence-electron chi connectivity index (χ0n) is 12.5. The van der Waals surface area contributed by atoms with Crippen LogP contribution in [0.5, 0.6) is 0 Å². The van der Waals surface area contributed by atoms with Gasteiger partial charge in [0.05, 0.1) is 0 Å². The Bertz CT molecular complexity index is 487. The number of carbonyl (C=O) groups is 1. The first-order chi connectivity index (χ1) is 9.32. The fourth-order valence-electron chi connectivity index (χ4n) is 2.24. The van der Waals surface area contributed by atoms with Crippen LogP contribution in [-0.4, -0.2) is 18.2 Å². The molecule has 0 radical (unpaired) electrons. The Morgan fingerprint density at radius 3 is 2.65 bits per heavy atom. The van der Waals surface area contributed by atoms with Crippen LogP contribution in [0.15, 0.2) is 24.3 Å². The molecule has 1 saturated carbocycles. The van der Waals surface area contributed by atoms with Crippen LogP contribution in [0.2, 0.25) is 0 Å². The third-order valence-electron chi connectivity index (χ3n) is 3.54. The third-order valence-corrected chi connectivity index (χ3v) is 3.54. The van der Waals surface area contributed by atoms with E-state index >= 15 is 0 Å². The number of carbonyl (C=O) groups excluding carboxylic acids is 1. The van der Waals surface area contributed by atoms with Crippen molar-refractivity contribution in [2.45, 2.75) is 45.6 Å². The van der Waals surface area contributed by atoms with Crippen molar-refractivity contribution in [1.29, 1.82) is 0 Å². The van der Waals surface area contributed by atoms with Gasteiger partial charge in [0.15, 0.2) is 0 Å². The van der Waals surface area contributed by atoms with E-state index in [9.17, 15) is 4.79 Å². The van der Waals surface area contributed by atoms with E-state index in [1.54, 1.807) is 0 Å². The molecule has 0 saturated heterocycles. The molecule has 0 heterocycles. The standard InChI is InChI=1S/C16H24N2O2/c1-15(2,3)20-14(19)18-13-6-4-5-12(9-13)10-16(11-17)7-8-16/h4-6,9H,7-8,10-11,17H2,1-3H3,(H,18,19). The van der Waals surface area contributed by atoms with Gasteiger partial charge in [-0.15, -0.1) is 0 Å². The smallest absolute Gasteiger partial charge is 0.412 e. The number of rotatable bonds is 4. The predicted octanol–water partition coefficient (Wildman–Crippen LogP) is 3.32. The van der Waals surface area contributed by atoms with Crippen LogP contribution in [0, 0.1) is 5.41 Å². The molecule has 3 N–H and O–H groups in total. The van der Waals surface area contributed by atoms with Gasteiger partial charge in [-0.25, -0.2) is 4.79 Å². The highest BCUT2D eigenvalue weighted by Crippen LogP contribution is 2.47. The highest BCUT2D eigenvalue weighted by atomic mass is 16.6. The normalized spacial score (nSPS) is 16.6. The number of amides is 1. The third kappa shape index (κ3) is 4.23. The average molecular weight is 276 g/mol. The lowest BCUT2D eigenvalue weighted by Crippen LogP contribution is -2.27. The first kappa shape index (κ1) is 14.9. The van der Waals surface area contributed by atoms with E-state index in [0.717, 1.165) is 18.7 Å². The molecule has 20 heavy (non-hydrogen) atoms. The quantitative estimate of drug-likeness (QED) is 0.886. The van der Waals surface area contributed by atoms with Gasteiger partial charge in [0.2, 0.25) is 0 Å². The van der Waals surface area contributed by atoms with E-state index in [1.807, 2.05) is 39.0 Å². The summed E-state index contributed by atoms with van der Waals surface area (Å²) in [6, 6.07) is 7.90. The first-order valence-electron chi connectivity index (χ1n) is 7.11. The van der Waals surface area contributed by atoms with Crippen LogP contribution in [0.25, 0.3) is 0 Å². The summed E-state index contributed by atoms with van der Waals surface area (Å²) in [6.07, 6.45) is 2.96. The maximum absolute atomic E-state index is 11.7. The van der Waals surface area contributed by atoms with Crippen molar-refractivity contribution in [2.75, 3.05) is 11.9 Å². The molecule has 0 unspecified atom stereocenters. The molecule has 0 bridgehead atoms. The predicted molar refractivity (Wildman–Crippen MR) is 80.7 cm³/mol. The van der Waals surface area contributed by atoms with E-state index in [2.05, 4.69) is 11.4 Å². The first-order valence-corrected chi connectivity index (χ1v) is 7.11. The van der Waals surface area contributed by atoms with Gasteiger partial charge in [-0.3, -0.25) is 5.32 Å². The Morgan fingerprint density at radius 2 is 2.10 bits per heavy atom. The second kappa shape index (κ2) is 5.44. The lowest BCUT2D eigenvalue weighted by Gasteiger charge is -2.20. The van der Waals surface area contributed by atoms with E-state index in [-0.39, 0.29) is 0 Å². The van der Waals surface area contributed by atoms with E-state index in [4.69, 9.17) is 10.5 Å². The summed E-state index contributed by atoms with van der Waals surface area (Å²) in [5.41, 5.74) is 7.60. The van der Waals surface area contributed by atoms with Crippen LogP contribution >= 0.6 is 0 Å². The molecule has 0 aliphatic heterocycles. The fraction of sp³-hybridized carbons (Fsp3) is 0.562. The van der Waals surface area contributed by atoms with Crippen LogP contribution in [0.1, 0.15) is 39.2 Å². The van der Waals surface area contributed by atoms with Gasteiger partial charge in [0.25, 0.3) is 0 Å². The topological polar surface area (TPSA) is 64.3 Å². The Kier molecular flexibility index (Phi) is 4.04. The van der Waals surface area contributed by atoms with Crippen molar-refractivity contribution >= 4 is 11.8 Å². The zero-order chi connectivity index (χ0) is 14.8. The number of anilines is 1. The summed E-state index contributed by atoms with van der Waals surface area (Å²) in [5, 5.41) is 2.77. The van der Waals surface area contributed by atoms with E-state index < -0.39 is 11.7 Å². The van der Waals surface area contributed by atoms with Crippen molar-refractivity contribution in [3.8, 4) is 0 Å². The molecule has 1 amide bonds. The molecule has 1 aromatic rings. The second-order valence-corrected chi connectivity index (χ2v) is 6.71. The molecule has 1 aromatic carbocycles. The summed E-state index contributed by atoms with van der Waals surface area (Å²) in [5.74, 6) is 0. The van der Waals surface area contributed by atoms with E-state index in [0.29, 0.717) is 5.41 Å². The molecule has 1 aliphatic carbocycles. The number of ether oxygens (including phenoxy) is 1. The van der Waals surface area contributed by atoms with Gasteiger partial charge in [0.1, 0.15) is 5.60 Å². The van der Waals surface area contributed by atoms with Gasteiger partial charge in [-0.2, -0.15) is 0 Å². The molecule has 1 fully saturated rings. The molecule has 1 aliphatic rings. The van der Waals surface area contributed by atoms with Crippen LogP contribution < -0.4 is 11.1 Å². The zero-order valence-corrected chi connectivity index (χ0v) is 12.5. The summed E-state index contributed by atoms with van der Waals surface area (Å²) in [6.45, 7) is 6.28. The lowest BCUT2D eigenvalue weighted by atomic mass is 9.96. The summed E-state index contributed by atoms with van der Waals surface area (Å²) < 4.78 is 5.25. The number of hydrogen-bond acceptors (Lipinski definition) is 3. The average Bonchev–Trinajstić information content (AvgIpc) is 3.07. The molecule has 4 nitrogen and oxygen atoms in total. The minimum Gasteiger partial charge on any atom is -0.444 e. The molecular formula is C16H24N2O2. The second-order valence-electron chi connectivity index (χ2n) is 6.71. The molecule has 4 heteroatoms. The van der Waals surface area contributed by atoms with E-state index in [1.165, 1.54) is 18.4 Å². The van der Waals surface area contributed by atoms with Crippen LogP contribution in [0.4, 0.5) is 10.5 Å². The van der Waals surface area contributed by atoms with Crippen LogP contribution in [-0.2, 0) is 11.2 Å². The van der Waals surface area contributed by atoms with Crippen molar-refractivity contribution < 1.29 is 9.53 Å². The molecule has 0 aromatic heterocycles. The monoisotopic (exact) mass is 276 g/mol. The van der Waals surface area contributed by atoms with Gasteiger partial charge in [-0.1, -0.05) is 12.1 Å². The maximum atomic E-state index is 11.7. The van der Waals surface area contributed by atoms with Gasteiger partial charge in [0, 0.05) is 5.69 Å². The van der Waals surface area contributed by atoms with Gasteiger partial charge >= 0.3 is 6.09 Å². The fourth-order valence-corrected chi connectivity index (χ4v) is 2.24. The molecule has 110 valence electrons. The van der Waals surface area contributed by atoms with Crippen molar-refractivity contribution in [2.24, 2.45) is 11.1 Å². The van der Waals surface area contributed by atoms with Gasteiger partial charge < -0.3 is 10.5 Å². The number of benzene rings is 1. The largest absolute Gasteiger partial charge is 0.444 e. The Labute approximate surface area is 120 Å². The molecule has 2 rings (SSSR count).